The Morgan fingerprint density at radius 3 is 2.62 bits per heavy atom. The second-order valence-corrected chi connectivity index (χ2v) is 7.00. The molecule has 2 aliphatic rings. The van der Waals surface area contributed by atoms with Crippen LogP contribution in [0.2, 0.25) is 0 Å². The fraction of sp³-hybridized carbons (Fsp3) is 0.250. The molecule has 4 nitrogen and oxygen atoms in total. The highest BCUT2D eigenvalue weighted by Crippen LogP contribution is 2.54. The fourth-order valence-corrected chi connectivity index (χ4v) is 3.95. The Labute approximate surface area is 142 Å². The van der Waals surface area contributed by atoms with Gasteiger partial charge >= 0.3 is 0 Å². The average Bonchev–Trinajstić information content (AvgIpc) is 2.74. The SMILES string of the molecule is CN1c2ccccc2C(C)(C)C12C=Cc1cc(C(=N)N)ccc1O2. The van der Waals surface area contributed by atoms with Crippen molar-refractivity contribution in [2.75, 3.05) is 11.9 Å². The van der Waals surface area contributed by atoms with Crippen molar-refractivity contribution in [3.8, 4) is 5.75 Å². The zero-order valence-electron chi connectivity index (χ0n) is 14.1. The molecule has 2 aliphatic heterocycles. The third-order valence-corrected chi connectivity index (χ3v) is 5.41. The number of anilines is 1. The van der Waals surface area contributed by atoms with Crippen molar-refractivity contribution in [3.63, 3.8) is 0 Å². The first kappa shape index (κ1) is 14.8. The minimum atomic E-state index is -0.568. The molecular formula is C20H21N3O. The lowest BCUT2D eigenvalue weighted by molar-refractivity contribution is 0.0582. The predicted molar refractivity (Wildman–Crippen MR) is 97.7 cm³/mol. The summed E-state index contributed by atoms with van der Waals surface area (Å²) in [6, 6.07) is 14.1. The van der Waals surface area contributed by atoms with Crippen LogP contribution in [0.3, 0.4) is 0 Å². The summed E-state index contributed by atoms with van der Waals surface area (Å²) < 4.78 is 6.55. The molecule has 2 heterocycles. The van der Waals surface area contributed by atoms with E-state index < -0.39 is 5.72 Å². The summed E-state index contributed by atoms with van der Waals surface area (Å²) in [5.41, 5.74) is 8.95. The number of ether oxygens (including phenoxy) is 1. The molecule has 0 amide bonds. The minimum absolute atomic E-state index is 0.0669. The number of nitrogens with two attached hydrogens (primary N) is 1. The Morgan fingerprint density at radius 2 is 1.92 bits per heavy atom. The Hall–Kier alpha value is -2.75. The molecule has 0 aromatic heterocycles. The summed E-state index contributed by atoms with van der Waals surface area (Å²) >= 11 is 0. The van der Waals surface area contributed by atoms with Gasteiger partial charge in [0.05, 0.1) is 5.41 Å². The molecule has 3 N–H and O–H groups in total. The Kier molecular flexibility index (Phi) is 2.86. The summed E-state index contributed by atoms with van der Waals surface area (Å²) in [6.45, 7) is 4.43. The second kappa shape index (κ2) is 4.63. The first-order chi connectivity index (χ1) is 11.4. The van der Waals surface area contributed by atoms with Crippen LogP contribution in [0.1, 0.15) is 30.5 Å². The predicted octanol–water partition coefficient (Wildman–Crippen LogP) is 3.50. The van der Waals surface area contributed by atoms with Gasteiger partial charge in [0.15, 0.2) is 0 Å². The first-order valence-electron chi connectivity index (χ1n) is 8.07. The van der Waals surface area contributed by atoms with Gasteiger partial charge in [0.2, 0.25) is 5.72 Å². The standard InChI is InChI=1S/C20H21N3O/c1-19(2)15-6-4-5-7-16(15)23(3)20(19)11-10-13-12-14(18(21)22)8-9-17(13)24-20/h4-12H,1-3H3,(H3,21,22). The molecule has 1 atom stereocenters. The van der Waals surface area contributed by atoms with Crippen LogP contribution in [-0.2, 0) is 5.41 Å². The van der Waals surface area contributed by atoms with Gasteiger partial charge in [-0.3, -0.25) is 5.41 Å². The molecule has 4 rings (SSSR count). The molecule has 4 heteroatoms. The maximum absolute atomic E-state index is 7.60. The number of amidine groups is 1. The number of para-hydroxylation sites is 1. The topological polar surface area (TPSA) is 62.3 Å². The van der Waals surface area contributed by atoms with Gasteiger partial charge < -0.3 is 15.4 Å². The molecule has 1 unspecified atom stereocenters. The lowest BCUT2D eigenvalue weighted by atomic mass is 9.76. The van der Waals surface area contributed by atoms with Crippen molar-refractivity contribution in [3.05, 3.63) is 65.2 Å². The van der Waals surface area contributed by atoms with Gasteiger partial charge in [-0.15, -0.1) is 0 Å². The molecule has 0 aliphatic carbocycles. The molecule has 2 aromatic rings. The quantitative estimate of drug-likeness (QED) is 0.624. The van der Waals surface area contributed by atoms with Crippen LogP contribution in [0.15, 0.2) is 48.5 Å². The molecular weight excluding hydrogens is 298 g/mol. The van der Waals surface area contributed by atoms with Crippen LogP contribution in [0.5, 0.6) is 5.75 Å². The number of nitrogens with one attached hydrogen (secondary N) is 1. The minimum Gasteiger partial charge on any atom is -0.463 e. The van der Waals surface area contributed by atoms with E-state index in [4.69, 9.17) is 15.9 Å². The molecule has 24 heavy (non-hydrogen) atoms. The molecule has 0 bridgehead atoms. The number of hydrogen-bond acceptors (Lipinski definition) is 3. The van der Waals surface area contributed by atoms with Crippen molar-refractivity contribution in [2.24, 2.45) is 5.73 Å². The van der Waals surface area contributed by atoms with E-state index in [1.54, 1.807) is 0 Å². The number of fused-ring (bicyclic) bond motifs is 2. The zero-order chi connectivity index (χ0) is 17.1. The maximum Gasteiger partial charge on any atom is 0.211 e. The number of likely N-dealkylation sites (N-methyl/N-ethyl adjacent to an activating group) is 1. The number of nitrogen functional groups attached to an aromatic ring is 1. The average molecular weight is 319 g/mol. The van der Waals surface area contributed by atoms with E-state index >= 15 is 0 Å². The molecule has 122 valence electrons. The fourth-order valence-electron chi connectivity index (χ4n) is 3.95. The van der Waals surface area contributed by atoms with E-state index in [-0.39, 0.29) is 11.3 Å². The van der Waals surface area contributed by atoms with Crippen LogP contribution >= 0.6 is 0 Å². The Morgan fingerprint density at radius 1 is 1.17 bits per heavy atom. The maximum atomic E-state index is 7.60. The highest BCUT2D eigenvalue weighted by Gasteiger charge is 2.57. The van der Waals surface area contributed by atoms with Crippen LogP contribution in [-0.4, -0.2) is 18.6 Å². The number of benzene rings is 2. The van der Waals surface area contributed by atoms with Crippen molar-refractivity contribution in [1.82, 2.24) is 0 Å². The third-order valence-electron chi connectivity index (χ3n) is 5.41. The summed E-state index contributed by atoms with van der Waals surface area (Å²) in [5, 5.41) is 7.60. The van der Waals surface area contributed by atoms with E-state index in [1.165, 1.54) is 11.3 Å². The van der Waals surface area contributed by atoms with Crippen molar-refractivity contribution < 1.29 is 4.74 Å². The highest BCUT2D eigenvalue weighted by atomic mass is 16.5. The number of nitrogens with zero attached hydrogens (tertiary/aromatic N) is 1. The zero-order valence-corrected chi connectivity index (χ0v) is 14.1. The summed E-state index contributed by atoms with van der Waals surface area (Å²) in [6.07, 6.45) is 4.20. The summed E-state index contributed by atoms with van der Waals surface area (Å²) in [5.74, 6) is 0.882. The molecule has 0 fully saturated rings. The van der Waals surface area contributed by atoms with Crippen molar-refractivity contribution in [1.29, 1.82) is 5.41 Å². The van der Waals surface area contributed by atoms with Gasteiger partial charge in [-0.25, -0.2) is 0 Å². The monoisotopic (exact) mass is 319 g/mol. The van der Waals surface area contributed by atoms with Crippen LogP contribution in [0, 0.1) is 5.41 Å². The first-order valence-corrected chi connectivity index (χ1v) is 8.07. The largest absolute Gasteiger partial charge is 0.463 e. The van der Waals surface area contributed by atoms with Gasteiger partial charge in [0.1, 0.15) is 11.6 Å². The molecule has 1 spiro atoms. The summed E-state index contributed by atoms with van der Waals surface area (Å²) in [7, 11) is 2.08. The second-order valence-electron chi connectivity index (χ2n) is 7.00. The van der Waals surface area contributed by atoms with E-state index in [1.807, 2.05) is 18.2 Å². The molecule has 0 radical (unpaired) electrons. The smallest absolute Gasteiger partial charge is 0.211 e. The van der Waals surface area contributed by atoms with Gasteiger partial charge in [0.25, 0.3) is 0 Å². The normalized spacial score (nSPS) is 22.9. The van der Waals surface area contributed by atoms with Gasteiger partial charge in [-0.05, 0) is 55.8 Å². The highest BCUT2D eigenvalue weighted by molar-refractivity contribution is 5.96. The number of rotatable bonds is 1. The van der Waals surface area contributed by atoms with Crippen LogP contribution < -0.4 is 15.4 Å². The van der Waals surface area contributed by atoms with Crippen LogP contribution in [0.25, 0.3) is 6.08 Å². The summed E-state index contributed by atoms with van der Waals surface area (Å²) in [4.78, 5) is 2.21. The van der Waals surface area contributed by atoms with Crippen molar-refractivity contribution >= 4 is 17.6 Å². The number of hydrogen-bond donors (Lipinski definition) is 2. The lowest BCUT2D eigenvalue weighted by Gasteiger charge is -2.45. The third kappa shape index (κ3) is 1.71. The van der Waals surface area contributed by atoms with E-state index in [9.17, 15) is 0 Å². The molecule has 0 saturated carbocycles. The molecule has 2 aromatic carbocycles. The Balaban J connectivity index is 1.84. The molecule has 0 saturated heterocycles. The van der Waals surface area contributed by atoms with Gasteiger partial charge in [0, 0.05) is 23.9 Å². The lowest BCUT2D eigenvalue weighted by Crippen LogP contribution is -2.58. The van der Waals surface area contributed by atoms with E-state index in [0.29, 0.717) is 5.56 Å². The van der Waals surface area contributed by atoms with Gasteiger partial charge in [-0.2, -0.15) is 0 Å². The Bertz CT molecular complexity index is 884. The van der Waals surface area contributed by atoms with Gasteiger partial charge in [-0.1, -0.05) is 18.2 Å². The van der Waals surface area contributed by atoms with E-state index in [0.717, 1.165) is 11.3 Å². The van der Waals surface area contributed by atoms with Crippen molar-refractivity contribution in [2.45, 2.75) is 25.0 Å². The van der Waals surface area contributed by atoms with Crippen LogP contribution in [0.4, 0.5) is 5.69 Å². The van der Waals surface area contributed by atoms with E-state index in [2.05, 4.69) is 62.2 Å².